The van der Waals surface area contributed by atoms with Gasteiger partial charge in [-0.25, -0.2) is 4.79 Å². The normalized spacial score (nSPS) is 10.1. The Morgan fingerprint density at radius 1 is 1.42 bits per heavy atom. The summed E-state index contributed by atoms with van der Waals surface area (Å²) in [6.07, 6.45) is 2.07. The Morgan fingerprint density at radius 3 is 2.68 bits per heavy atom. The van der Waals surface area contributed by atoms with Crippen LogP contribution in [0.2, 0.25) is 0 Å². The number of esters is 1. The number of rotatable bonds is 7. The highest BCUT2D eigenvalue weighted by Crippen LogP contribution is 2.12. The maximum Gasteiger partial charge on any atom is 0.347 e. The SMILES string of the molecule is O=[C]C=NOCC(=O)OCc1ccc([N+](=O)[O-])cc1. The molecular weight excluding hydrogens is 256 g/mol. The third kappa shape index (κ3) is 5.39. The Labute approximate surface area is 107 Å². The van der Waals surface area contributed by atoms with Crippen LogP contribution >= 0.6 is 0 Å². The fraction of sp³-hybridized carbons (Fsp3) is 0.182. The first-order valence-electron chi connectivity index (χ1n) is 5.04. The Morgan fingerprint density at radius 2 is 2.11 bits per heavy atom. The molecule has 0 aliphatic heterocycles. The zero-order valence-corrected chi connectivity index (χ0v) is 9.64. The minimum absolute atomic E-state index is 0.0380. The lowest BCUT2D eigenvalue weighted by molar-refractivity contribution is -0.384. The first kappa shape index (κ1) is 14.3. The van der Waals surface area contributed by atoms with Gasteiger partial charge in [-0.2, -0.15) is 0 Å². The van der Waals surface area contributed by atoms with Gasteiger partial charge in [-0.1, -0.05) is 5.16 Å². The van der Waals surface area contributed by atoms with E-state index in [9.17, 15) is 19.7 Å². The Bertz CT molecular complexity index is 482. The number of carbonyl (C=O) groups is 1. The molecule has 8 heteroatoms. The number of oxime groups is 1. The summed E-state index contributed by atoms with van der Waals surface area (Å²) >= 11 is 0. The molecule has 1 aromatic rings. The van der Waals surface area contributed by atoms with Crippen molar-refractivity contribution in [1.82, 2.24) is 0 Å². The van der Waals surface area contributed by atoms with E-state index in [4.69, 9.17) is 4.74 Å². The van der Waals surface area contributed by atoms with Crippen LogP contribution < -0.4 is 0 Å². The molecule has 1 radical (unpaired) electrons. The van der Waals surface area contributed by atoms with E-state index in [1.54, 1.807) is 0 Å². The van der Waals surface area contributed by atoms with Crippen LogP contribution in [0, 0.1) is 10.1 Å². The maximum atomic E-state index is 11.1. The highest BCUT2D eigenvalue weighted by molar-refractivity contribution is 6.13. The Balaban J connectivity index is 2.35. The van der Waals surface area contributed by atoms with Gasteiger partial charge < -0.3 is 9.57 Å². The maximum absolute atomic E-state index is 11.1. The van der Waals surface area contributed by atoms with Crippen molar-refractivity contribution in [3.63, 3.8) is 0 Å². The van der Waals surface area contributed by atoms with Gasteiger partial charge in [0.05, 0.1) is 4.92 Å². The number of hydrogen-bond donors (Lipinski definition) is 0. The summed E-state index contributed by atoms with van der Waals surface area (Å²) in [5.41, 5.74) is 0.557. The first-order chi connectivity index (χ1) is 9.13. The second-order valence-corrected chi connectivity index (χ2v) is 3.21. The topological polar surface area (TPSA) is 108 Å². The minimum atomic E-state index is -0.679. The van der Waals surface area contributed by atoms with Crippen LogP contribution in [0.5, 0.6) is 0 Å². The van der Waals surface area contributed by atoms with Crippen molar-refractivity contribution < 1.29 is 24.1 Å². The van der Waals surface area contributed by atoms with Gasteiger partial charge in [0.15, 0.2) is 0 Å². The van der Waals surface area contributed by atoms with Crippen molar-refractivity contribution >= 4 is 24.2 Å². The average molecular weight is 265 g/mol. The van der Waals surface area contributed by atoms with Crippen LogP contribution in [0.4, 0.5) is 5.69 Å². The zero-order valence-electron chi connectivity index (χ0n) is 9.64. The second kappa shape index (κ2) is 7.54. The predicted molar refractivity (Wildman–Crippen MR) is 63.0 cm³/mol. The van der Waals surface area contributed by atoms with E-state index < -0.39 is 17.5 Å². The molecule has 0 saturated carbocycles. The molecule has 0 bridgehead atoms. The van der Waals surface area contributed by atoms with Crippen LogP contribution in [0.1, 0.15) is 5.56 Å². The van der Waals surface area contributed by atoms with E-state index in [-0.39, 0.29) is 12.3 Å². The van der Waals surface area contributed by atoms with Crippen molar-refractivity contribution in [3.05, 3.63) is 39.9 Å². The molecule has 19 heavy (non-hydrogen) atoms. The molecule has 0 aliphatic rings. The summed E-state index contributed by atoms with van der Waals surface area (Å²) in [4.78, 5) is 35.2. The number of nitrogens with zero attached hydrogens (tertiary/aromatic N) is 2. The summed E-state index contributed by atoms with van der Waals surface area (Å²) in [6.45, 7) is -0.477. The van der Waals surface area contributed by atoms with Gasteiger partial charge in [-0.05, 0) is 17.7 Å². The van der Waals surface area contributed by atoms with E-state index in [1.165, 1.54) is 30.6 Å². The summed E-state index contributed by atoms with van der Waals surface area (Å²) < 4.78 is 4.80. The molecule has 0 N–H and O–H groups in total. The smallest absolute Gasteiger partial charge is 0.347 e. The molecule has 0 aliphatic carbocycles. The zero-order chi connectivity index (χ0) is 14.1. The van der Waals surface area contributed by atoms with E-state index in [0.717, 1.165) is 6.21 Å². The first-order valence-corrected chi connectivity index (χ1v) is 5.04. The lowest BCUT2D eigenvalue weighted by Gasteiger charge is -2.03. The Kier molecular flexibility index (Phi) is 5.67. The van der Waals surface area contributed by atoms with Gasteiger partial charge in [-0.3, -0.25) is 14.9 Å². The van der Waals surface area contributed by atoms with Gasteiger partial charge in [0.1, 0.15) is 12.8 Å². The molecule has 0 atom stereocenters. The molecule has 8 nitrogen and oxygen atoms in total. The van der Waals surface area contributed by atoms with E-state index in [2.05, 4.69) is 9.99 Å². The van der Waals surface area contributed by atoms with E-state index in [0.29, 0.717) is 5.56 Å². The van der Waals surface area contributed by atoms with Crippen molar-refractivity contribution in [1.29, 1.82) is 0 Å². The van der Waals surface area contributed by atoms with Crippen molar-refractivity contribution in [2.45, 2.75) is 6.61 Å². The molecule has 0 aromatic heterocycles. The molecular formula is C11H9N2O6. The van der Waals surface area contributed by atoms with Gasteiger partial charge in [-0.15, -0.1) is 0 Å². The van der Waals surface area contributed by atoms with Crippen LogP contribution in [-0.2, 0) is 25.8 Å². The quantitative estimate of drug-likeness (QED) is 0.311. The number of carbonyl (C=O) groups excluding carboxylic acids is 2. The molecule has 0 unspecified atom stereocenters. The minimum Gasteiger partial charge on any atom is -0.458 e. The molecule has 0 heterocycles. The fourth-order valence-electron chi connectivity index (χ4n) is 1.07. The van der Waals surface area contributed by atoms with Crippen LogP contribution in [0.3, 0.4) is 0 Å². The molecule has 1 aromatic carbocycles. The number of ether oxygens (including phenoxy) is 1. The average Bonchev–Trinajstić information content (AvgIpc) is 2.42. The van der Waals surface area contributed by atoms with E-state index >= 15 is 0 Å². The van der Waals surface area contributed by atoms with Crippen molar-refractivity contribution in [2.24, 2.45) is 5.16 Å². The monoisotopic (exact) mass is 265 g/mol. The molecule has 0 spiro atoms. The molecule has 0 saturated heterocycles. The van der Waals surface area contributed by atoms with Gasteiger partial charge in [0, 0.05) is 12.1 Å². The largest absolute Gasteiger partial charge is 0.458 e. The lowest BCUT2D eigenvalue weighted by atomic mass is 10.2. The standard InChI is InChI=1S/C11H9N2O6/c14-6-5-12-19-8-11(15)18-7-9-1-3-10(4-2-9)13(16)17/h1-5H,7-8H2. The highest BCUT2D eigenvalue weighted by Gasteiger charge is 2.06. The molecule has 0 fully saturated rings. The van der Waals surface area contributed by atoms with E-state index in [1.807, 2.05) is 0 Å². The van der Waals surface area contributed by atoms with Gasteiger partial charge >= 0.3 is 5.97 Å². The third-order valence-electron chi connectivity index (χ3n) is 1.91. The number of nitro groups is 1. The third-order valence-corrected chi connectivity index (χ3v) is 1.91. The van der Waals surface area contributed by atoms with Crippen LogP contribution in [0.25, 0.3) is 0 Å². The summed E-state index contributed by atoms with van der Waals surface area (Å²) in [5.74, 6) is -0.679. The van der Waals surface area contributed by atoms with Crippen LogP contribution in [-0.4, -0.2) is 30.0 Å². The summed E-state index contributed by atoms with van der Waals surface area (Å²) in [7, 11) is 0. The predicted octanol–water partition coefficient (Wildman–Crippen LogP) is 0.750. The van der Waals surface area contributed by atoms with Crippen molar-refractivity contribution in [3.8, 4) is 0 Å². The number of benzene rings is 1. The lowest BCUT2D eigenvalue weighted by Crippen LogP contribution is -2.10. The van der Waals surface area contributed by atoms with Crippen LogP contribution in [0.15, 0.2) is 29.4 Å². The second-order valence-electron chi connectivity index (χ2n) is 3.21. The fourth-order valence-corrected chi connectivity index (χ4v) is 1.07. The molecule has 1 rings (SSSR count). The molecule has 0 amide bonds. The van der Waals surface area contributed by atoms with Gasteiger partial charge in [0.2, 0.25) is 12.9 Å². The summed E-state index contributed by atoms with van der Waals surface area (Å²) in [5, 5.41) is 13.5. The van der Waals surface area contributed by atoms with Gasteiger partial charge in [0.25, 0.3) is 5.69 Å². The number of non-ortho nitro benzene ring substituents is 1. The number of nitro benzene ring substituents is 1. The van der Waals surface area contributed by atoms with Crippen molar-refractivity contribution in [2.75, 3.05) is 6.61 Å². The highest BCUT2D eigenvalue weighted by atomic mass is 16.7. The number of hydrogen-bond acceptors (Lipinski definition) is 7. The Hall–Kier alpha value is -2.77. The summed E-state index contributed by atoms with van der Waals surface area (Å²) in [6, 6.07) is 5.57. The molecule has 99 valence electrons.